The molecule has 36 heavy (non-hydrogen) atoms. The zero-order chi connectivity index (χ0) is 26.7. The van der Waals surface area contributed by atoms with Crippen molar-refractivity contribution in [1.29, 1.82) is 5.41 Å². The molecular weight excluding hydrogens is 520 g/mol. The summed E-state index contributed by atoms with van der Waals surface area (Å²) in [6.07, 6.45) is 0. The topological polar surface area (TPSA) is 252 Å². The van der Waals surface area contributed by atoms with Crippen molar-refractivity contribution < 1.29 is 50.2 Å². The molecule has 2 aromatic carbocycles. The van der Waals surface area contributed by atoms with Crippen LogP contribution in [0.3, 0.4) is 0 Å². The van der Waals surface area contributed by atoms with Gasteiger partial charge in [-0.1, -0.05) is 6.07 Å². The van der Waals surface area contributed by atoms with E-state index in [9.17, 15) is 45.7 Å². The molecule has 0 bridgehead atoms. The Hall–Kier alpha value is -4.31. The molecule has 1 aliphatic heterocycles. The number of rotatable bonds is 5. The molecule has 0 amide bonds. The van der Waals surface area contributed by atoms with Crippen LogP contribution in [0.1, 0.15) is 20.7 Å². The minimum Gasteiger partial charge on any atom is -0.744 e. The summed E-state index contributed by atoms with van der Waals surface area (Å²) in [5.41, 5.74) is 2.40. The first-order valence-corrected chi connectivity index (χ1v) is 12.4. The van der Waals surface area contributed by atoms with E-state index in [-0.39, 0.29) is 22.1 Å². The van der Waals surface area contributed by atoms with E-state index in [4.69, 9.17) is 15.6 Å². The highest BCUT2D eigenvalue weighted by atomic mass is 32.2. The van der Waals surface area contributed by atoms with Gasteiger partial charge in [0.25, 0.3) is 10.1 Å². The minimum atomic E-state index is -5.38. The third-order valence-electron chi connectivity index (χ3n) is 5.26. The van der Waals surface area contributed by atoms with Crippen LogP contribution in [0, 0.1) is 5.41 Å². The van der Waals surface area contributed by atoms with E-state index in [1.165, 1.54) is 0 Å². The van der Waals surface area contributed by atoms with E-state index in [0.717, 1.165) is 42.5 Å². The fourth-order valence-corrected chi connectivity index (χ4v) is 5.32. The van der Waals surface area contributed by atoms with Gasteiger partial charge in [-0.05, 0) is 47.5 Å². The summed E-state index contributed by atoms with van der Waals surface area (Å²) in [7, 11) is -10.6. The molecule has 0 atom stereocenters. The number of hydrogen-bond donors (Lipinski definition) is 4. The molecule has 0 spiro atoms. The normalized spacial score (nSPS) is 12.2. The van der Waals surface area contributed by atoms with Crippen molar-refractivity contribution in [3.8, 4) is 22.5 Å². The van der Waals surface area contributed by atoms with Crippen LogP contribution < -0.4 is 16.2 Å². The number of carbonyl (C=O) groups excluding carboxylic acids is 1. The van der Waals surface area contributed by atoms with Crippen LogP contribution in [-0.4, -0.2) is 43.0 Å². The number of nitrogens with one attached hydrogen (secondary N) is 1. The maximum atomic E-state index is 12.1. The Bertz CT molecular complexity index is 1870. The number of nitrogens with two attached hydrogens (primary N) is 1. The molecule has 5 N–H and O–H groups in total. The molecule has 1 aliphatic carbocycles. The number of aromatic carboxylic acids is 2. The van der Waals surface area contributed by atoms with Crippen molar-refractivity contribution in [2.24, 2.45) is 0 Å². The van der Waals surface area contributed by atoms with Crippen molar-refractivity contribution in [2.45, 2.75) is 9.79 Å². The SMILES string of the molecule is N=c1ccc2c(-c3cc(C(=O)[O-])ccc3C(=O)O)c3ccc(N)c(S(=O)(=O)[O-])c3oc-2c1S(=O)(=O)O. The highest BCUT2D eigenvalue weighted by Gasteiger charge is 2.30. The molecule has 15 heteroatoms. The summed E-state index contributed by atoms with van der Waals surface area (Å²) in [6, 6.07) is 6.95. The fourth-order valence-electron chi connectivity index (χ4n) is 3.85. The zero-order valence-electron chi connectivity index (χ0n) is 17.5. The van der Waals surface area contributed by atoms with Crippen molar-refractivity contribution in [3.05, 3.63) is 58.9 Å². The maximum Gasteiger partial charge on any atom is 0.336 e. The van der Waals surface area contributed by atoms with Gasteiger partial charge in [0.05, 0.1) is 22.6 Å². The number of anilines is 1. The van der Waals surface area contributed by atoms with Gasteiger partial charge >= 0.3 is 5.97 Å². The number of nitrogen functional groups attached to an aromatic ring is 1. The Morgan fingerprint density at radius 1 is 0.972 bits per heavy atom. The molecule has 2 aromatic rings. The van der Waals surface area contributed by atoms with Gasteiger partial charge in [0, 0.05) is 16.5 Å². The lowest BCUT2D eigenvalue weighted by Gasteiger charge is -2.21. The van der Waals surface area contributed by atoms with E-state index in [1.54, 1.807) is 0 Å². The molecule has 0 saturated heterocycles. The van der Waals surface area contributed by atoms with Gasteiger partial charge in [-0.2, -0.15) is 8.42 Å². The lowest BCUT2D eigenvalue weighted by molar-refractivity contribution is -0.255. The fraction of sp³-hybridized carbons (Fsp3) is 0. The average molecular weight is 532 g/mol. The first-order valence-electron chi connectivity index (χ1n) is 9.52. The van der Waals surface area contributed by atoms with Crippen LogP contribution in [0.5, 0.6) is 0 Å². The summed E-state index contributed by atoms with van der Waals surface area (Å²) in [5, 5.41) is 28.1. The molecule has 0 fully saturated rings. The lowest BCUT2D eigenvalue weighted by atomic mass is 9.89. The number of hydrogen-bond acceptors (Lipinski definition) is 11. The van der Waals surface area contributed by atoms with E-state index in [1.807, 2.05) is 0 Å². The molecule has 0 saturated carbocycles. The van der Waals surface area contributed by atoms with Crippen LogP contribution in [0.15, 0.2) is 56.7 Å². The standard InChI is InChI=1S/C21H14N2O11S2/c22-13-5-3-10-15(12-7-8(20(24)25)1-2-9(12)21(26)27)11-4-6-14(23)19(36(31,32)33)17(11)34-16(10)18(13)35(28,29)30/h1-7,22H,23H2,(H,24,25)(H,26,27)(H,28,29,30)(H,31,32,33)/p-2. The minimum absolute atomic E-state index is 0.261. The summed E-state index contributed by atoms with van der Waals surface area (Å²) >= 11 is 0. The van der Waals surface area contributed by atoms with Gasteiger partial charge < -0.3 is 29.7 Å². The largest absolute Gasteiger partial charge is 0.744 e. The molecule has 2 aliphatic rings. The second kappa shape index (κ2) is 8.13. The Morgan fingerprint density at radius 3 is 2.19 bits per heavy atom. The summed E-state index contributed by atoms with van der Waals surface area (Å²) in [5.74, 6) is -4.05. The van der Waals surface area contributed by atoms with E-state index < -0.39 is 75.5 Å². The number of carboxylic acid groups (broad SMARTS) is 2. The van der Waals surface area contributed by atoms with Crippen LogP contribution in [-0.2, 0) is 20.2 Å². The molecule has 186 valence electrons. The summed E-state index contributed by atoms with van der Waals surface area (Å²) < 4.78 is 75.6. The quantitative estimate of drug-likeness (QED) is 0.155. The van der Waals surface area contributed by atoms with Gasteiger partial charge in [-0.3, -0.25) is 9.96 Å². The highest BCUT2D eigenvalue weighted by Crippen LogP contribution is 2.45. The van der Waals surface area contributed by atoms with Crippen LogP contribution in [0.2, 0.25) is 0 Å². The predicted molar refractivity (Wildman–Crippen MR) is 118 cm³/mol. The van der Waals surface area contributed by atoms with Crippen molar-refractivity contribution in [2.75, 3.05) is 5.73 Å². The van der Waals surface area contributed by atoms with E-state index in [2.05, 4.69) is 0 Å². The third kappa shape index (κ3) is 3.95. The van der Waals surface area contributed by atoms with Crippen LogP contribution in [0.4, 0.5) is 5.69 Å². The number of carbonyl (C=O) groups is 2. The molecule has 0 radical (unpaired) electrons. The van der Waals surface area contributed by atoms with Gasteiger partial charge in [0.15, 0.2) is 16.2 Å². The van der Waals surface area contributed by atoms with Crippen LogP contribution in [0.25, 0.3) is 33.4 Å². The highest BCUT2D eigenvalue weighted by molar-refractivity contribution is 7.86. The Morgan fingerprint density at radius 2 is 1.64 bits per heavy atom. The van der Waals surface area contributed by atoms with E-state index >= 15 is 0 Å². The first-order chi connectivity index (χ1) is 16.6. The molecule has 13 nitrogen and oxygen atoms in total. The monoisotopic (exact) mass is 532 g/mol. The maximum absolute atomic E-state index is 12.1. The molecule has 0 aromatic heterocycles. The van der Waals surface area contributed by atoms with Gasteiger partial charge in [0.2, 0.25) is 0 Å². The van der Waals surface area contributed by atoms with Crippen molar-refractivity contribution in [3.63, 3.8) is 0 Å². The average Bonchev–Trinajstić information content (AvgIpc) is 2.74. The first kappa shape index (κ1) is 24.8. The number of fused-ring (bicyclic) bond motifs is 2. The van der Waals surface area contributed by atoms with Gasteiger partial charge in [-0.25, -0.2) is 13.2 Å². The van der Waals surface area contributed by atoms with Crippen molar-refractivity contribution >= 4 is 48.8 Å². The van der Waals surface area contributed by atoms with Crippen LogP contribution >= 0.6 is 0 Å². The summed E-state index contributed by atoms with van der Waals surface area (Å²) in [6.45, 7) is 0. The van der Waals surface area contributed by atoms with E-state index in [0.29, 0.717) is 0 Å². The summed E-state index contributed by atoms with van der Waals surface area (Å²) in [4.78, 5) is 21.3. The lowest BCUT2D eigenvalue weighted by Crippen LogP contribution is -2.22. The molecule has 4 rings (SSSR count). The second-order valence-electron chi connectivity index (χ2n) is 7.44. The molecular formula is C21H12N2O11S2-2. The Kier molecular flexibility index (Phi) is 5.60. The second-order valence-corrected chi connectivity index (χ2v) is 10.1. The predicted octanol–water partition coefficient (Wildman–Crippen LogP) is 0.479. The number of carboxylic acids is 2. The Labute approximate surface area is 201 Å². The molecule has 0 unspecified atom stereocenters. The third-order valence-corrected chi connectivity index (χ3v) is 7.10. The molecule has 1 heterocycles. The Balaban J connectivity index is 2.41. The van der Waals surface area contributed by atoms with Crippen molar-refractivity contribution in [1.82, 2.24) is 0 Å². The van der Waals surface area contributed by atoms with Gasteiger partial charge in [0.1, 0.15) is 15.0 Å². The smallest absolute Gasteiger partial charge is 0.336 e. The zero-order valence-corrected chi connectivity index (χ0v) is 19.1. The number of benzene rings is 3. The van der Waals surface area contributed by atoms with Gasteiger partial charge in [-0.15, -0.1) is 0 Å².